The number of rotatable bonds is 1. The lowest BCUT2D eigenvalue weighted by Crippen LogP contribution is -2.13. The molecular formula is C10H6N2O3. The Kier molecular flexibility index (Phi) is 1.39. The molecule has 15 heavy (non-hydrogen) atoms. The third-order valence-electron chi connectivity index (χ3n) is 2.29. The molecule has 5 heteroatoms. The third kappa shape index (κ3) is 1.03. The maximum atomic E-state index is 11.3. The molecular weight excluding hydrogens is 196 g/mol. The molecule has 3 heterocycles. The Balaban J connectivity index is 2.11. The number of hydrogen-bond acceptors (Lipinski definition) is 3. The number of H-pyrrole nitrogens is 1. The van der Waals surface area contributed by atoms with Gasteiger partial charge < -0.3 is 14.7 Å². The van der Waals surface area contributed by atoms with Crippen LogP contribution >= 0.6 is 0 Å². The summed E-state index contributed by atoms with van der Waals surface area (Å²) in [5.74, 6) is -0.503. The molecule has 0 bridgehead atoms. The van der Waals surface area contributed by atoms with E-state index in [1.54, 1.807) is 24.5 Å². The number of amides is 1. The second-order valence-corrected chi connectivity index (χ2v) is 3.23. The Hall–Kier alpha value is -2.30. The molecule has 1 amide bonds. The number of hydrogen-bond donors (Lipinski definition) is 2. The van der Waals surface area contributed by atoms with Crippen LogP contribution in [0.4, 0.5) is 5.69 Å². The maximum absolute atomic E-state index is 11.3. The fourth-order valence-corrected chi connectivity index (χ4v) is 1.59. The number of aromatic amines is 1. The standard InChI is InChI=1S/C10H6N2O3/c13-9-8-6(12-10(9)14)4-5(11-8)7-2-1-3-15-7/h1-4,11H,(H,12,13,14). The molecule has 0 atom stereocenters. The largest absolute Gasteiger partial charge is 0.463 e. The molecule has 2 aromatic heterocycles. The molecule has 0 aliphatic carbocycles. The van der Waals surface area contributed by atoms with Crippen molar-refractivity contribution in [1.82, 2.24) is 4.98 Å². The van der Waals surface area contributed by atoms with Gasteiger partial charge in [0.25, 0.3) is 11.7 Å². The second-order valence-electron chi connectivity index (χ2n) is 3.23. The maximum Gasteiger partial charge on any atom is 0.298 e. The van der Waals surface area contributed by atoms with Gasteiger partial charge in [0.05, 0.1) is 17.6 Å². The first-order valence-corrected chi connectivity index (χ1v) is 4.38. The minimum atomic E-state index is -0.595. The van der Waals surface area contributed by atoms with E-state index in [1.807, 2.05) is 0 Å². The number of carbonyl (C=O) groups is 2. The lowest BCUT2D eigenvalue weighted by atomic mass is 10.3. The van der Waals surface area contributed by atoms with E-state index in [1.165, 1.54) is 0 Å². The summed E-state index contributed by atoms with van der Waals surface area (Å²) in [6.07, 6.45) is 1.54. The summed E-state index contributed by atoms with van der Waals surface area (Å²) in [5, 5.41) is 2.47. The van der Waals surface area contributed by atoms with E-state index in [9.17, 15) is 9.59 Å². The van der Waals surface area contributed by atoms with Crippen molar-refractivity contribution in [2.24, 2.45) is 0 Å². The Labute approximate surface area is 84.1 Å². The first-order chi connectivity index (χ1) is 7.25. The monoisotopic (exact) mass is 202 g/mol. The molecule has 5 nitrogen and oxygen atoms in total. The van der Waals surface area contributed by atoms with Crippen LogP contribution in [0.1, 0.15) is 10.5 Å². The molecule has 1 aliphatic rings. The zero-order valence-electron chi connectivity index (χ0n) is 7.53. The minimum absolute atomic E-state index is 0.298. The molecule has 0 saturated carbocycles. The molecule has 74 valence electrons. The van der Waals surface area contributed by atoms with Gasteiger partial charge in [0, 0.05) is 0 Å². The normalized spacial score (nSPS) is 14.1. The van der Waals surface area contributed by atoms with Crippen molar-refractivity contribution in [3.8, 4) is 11.5 Å². The smallest absolute Gasteiger partial charge is 0.298 e. The predicted molar refractivity (Wildman–Crippen MR) is 51.5 cm³/mol. The SMILES string of the molecule is O=C1Nc2cc(-c3ccco3)[nH]c2C1=O. The van der Waals surface area contributed by atoms with Gasteiger partial charge in [-0.3, -0.25) is 9.59 Å². The van der Waals surface area contributed by atoms with Gasteiger partial charge in [0.1, 0.15) is 11.5 Å². The van der Waals surface area contributed by atoms with Gasteiger partial charge in [-0.1, -0.05) is 0 Å². The zero-order chi connectivity index (χ0) is 10.4. The molecule has 0 spiro atoms. The molecule has 2 aromatic rings. The Morgan fingerprint density at radius 1 is 1.27 bits per heavy atom. The number of ketones is 1. The Morgan fingerprint density at radius 2 is 2.13 bits per heavy atom. The quantitative estimate of drug-likeness (QED) is 0.686. The summed E-state index contributed by atoms with van der Waals surface area (Å²) in [6, 6.07) is 5.20. The van der Waals surface area contributed by atoms with Crippen molar-refractivity contribution in [3.63, 3.8) is 0 Å². The van der Waals surface area contributed by atoms with Crippen LogP contribution < -0.4 is 5.32 Å². The average molecular weight is 202 g/mol. The van der Waals surface area contributed by atoms with Gasteiger partial charge in [-0.15, -0.1) is 0 Å². The van der Waals surface area contributed by atoms with Crippen molar-refractivity contribution in [3.05, 3.63) is 30.2 Å². The van der Waals surface area contributed by atoms with Crippen LogP contribution in [0.25, 0.3) is 11.5 Å². The number of anilines is 1. The first-order valence-electron chi connectivity index (χ1n) is 4.38. The van der Waals surface area contributed by atoms with Gasteiger partial charge in [0.2, 0.25) is 0 Å². The topological polar surface area (TPSA) is 75.1 Å². The highest BCUT2D eigenvalue weighted by Gasteiger charge is 2.30. The molecule has 0 aromatic carbocycles. The van der Waals surface area contributed by atoms with Crippen molar-refractivity contribution in [2.45, 2.75) is 0 Å². The molecule has 0 radical (unpaired) electrons. The van der Waals surface area contributed by atoms with E-state index in [-0.39, 0.29) is 0 Å². The number of carbonyl (C=O) groups excluding carboxylic acids is 2. The zero-order valence-corrected chi connectivity index (χ0v) is 7.53. The Morgan fingerprint density at radius 3 is 2.80 bits per heavy atom. The third-order valence-corrected chi connectivity index (χ3v) is 2.29. The van der Waals surface area contributed by atoms with Crippen molar-refractivity contribution < 1.29 is 14.0 Å². The number of furan rings is 1. The highest BCUT2D eigenvalue weighted by Crippen LogP contribution is 2.29. The van der Waals surface area contributed by atoms with Crippen LogP contribution in [0.3, 0.4) is 0 Å². The van der Waals surface area contributed by atoms with Gasteiger partial charge in [0.15, 0.2) is 0 Å². The van der Waals surface area contributed by atoms with Gasteiger partial charge in [-0.05, 0) is 18.2 Å². The molecule has 0 saturated heterocycles. The number of nitrogens with one attached hydrogen (secondary N) is 2. The molecule has 1 aliphatic heterocycles. The van der Waals surface area contributed by atoms with Crippen LogP contribution in [0.5, 0.6) is 0 Å². The lowest BCUT2D eigenvalue weighted by molar-refractivity contribution is -0.112. The number of fused-ring (bicyclic) bond motifs is 1. The summed E-state index contributed by atoms with van der Waals surface area (Å²) < 4.78 is 5.16. The molecule has 2 N–H and O–H groups in total. The van der Waals surface area contributed by atoms with Crippen LogP contribution in [0.15, 0.2) is 28.9 Å². The van der Waals surface area contributed by atoms with E-state index in [2.05, 4.69) is 10.3 Å². The van der Waals surface area contributed by atoms with Crippen molar-refractivity contribution in [2.75, 3.05) is 5.32 Å². The summed E-state index contributed by atoms with van der Waals surface area (Å²) in [6.45, 7) is 0. The van der Waals surface area contributed by atoms with Gasteiger partial charge >= 0.3 is 0 Å². The highest BCUT2D eigenvalue weighted by molar-refractivity contribution is 6.51. The summed E-state index contributed by atoms with van der Waals surface area (Å²) in [5.41, 5.74) is 1.49. The van der Waals surface area contributed by atoms with E-state index in [0.717, 1.165) is 0 Å². The Bertz CT molecular complexity index is 551. The summed E-state index contributed by atoms with van der Waals surface area (Å²) >= 11 is 0. The minimum Gasteiger partial charge on any atom is -0.463 e. The predicted octanol–water partition coefficient (Wildman–Crippen LogP) is 1.41. The van der Waals surface area contributed by atoms with Gasteiger partial charge in [-0.25, -0.2) is 0 Å². The summed E-state index contributed by atoms with van der Waals surface area (Å²) in [4.78, 5) is 25.1. The summed E-state index contributed by atoms with van der Waals surface area (Å²) in [7, 11) is 0. The molecule has 0 unspecified atom stereocenters. The van der Waals surface area contributed by atoms with E-state index < -0.39 is 11.7 Å². The van der Waals surface area contributed by atoms with Crippen molar-refractivity contribution in [1.29, 1.82) is 0 Å². The molecule has 3 rings (SSSR count). The van der Waals surface area contributed by atoms with E-state index in [4.69, 9.17) is 4.42 Å². The molecule has 0 fully saturated rings. The van der Waals surface area contributed by atoms with Crippen LogP contribution in [-0.4, -0.2) is 16.7 Å². The van der Waals surface area contributed by atoms with Crippen LogP contribution in [0, 0.1) is 0 Å². The van der Waals surface area contributed by atoms with E-state index in [0.29, 0.717) is 22.8 Å². The van der Waals surface area contributed by atoms with Crippen molar-refractivity contribution >= 4 is 17.4 Å². The van der Waals surface area contributed by atoms with Crippen LogP contribution in [-0.2, 0) is 4.79 Å². The fraction of sp³-hybridized carbons (Fsp3) is 0. The average Bonchev–Trinajstić information content (AvgIpc) is 2.86. The fourth-order valence-electron chi connectivity index (χ4n) is 1.59. The number of Topliss-reactive ketones (excluding diaryl/α,β-unsaturated/α-hetero) is 1. The van der Waals surface area contributed by atoms with E-state index >= 15 is 0 Å². The first kappa shape index (κ1) is 8.05. The number of aromatic nitrogens is 1. The van der Waals surface area contributed by atoms with Gasteiger partial charge in [-0.2, -0.15) is 0 Å². The lowest BCUT2D eigenvalue weighted by Gasteiger charge is -1.91. The van der Waals surface area contributed by atoms with Crippen LogP contribution in [0.2, 0.25) is 0 Å². The second kappa shape index (κ2) is 2.60. The highest BCUT2D eigenvalue weighted by atomic mass is 16.3.